The average molecular weight is 290 g/mol. The van der Waals surface area contributed by atoms with E-state index in [1.165, 1.54) is 4.90 Å². The predicted octanol–water partition coefficient (Wildman–Crippen LogP) is 2.28. The molecule has 1 aliphatic heterocycles. The van der Waals surface area contributed by atoms with Crippen molar-refractivity contribution in [1.29, 1.82) is 0 Å². The van der Waals surface area contributed by atoms with Gasteiger partial charge >= 0.3 is 0 Å². The molecule has 1 aromatic carbocycles. The molecule has 0 radical (unpaired) electrons. The van der Waals surface area contributed by atoms with Gasteiger partial charge in [0.2, 0.25) is 5.91 Å². The molecule has 0 atom stereocenters. The standard InChI is InChI=1S/C14H12ClN3O2/c1-17-7-9(15)6-12(17)14(20)18-8-13(19)16-10-4-2-3-5-11(10)18/h2-7H,8H2,1H3,(H,16,19). The van der Waals surface area contributed by atoms with Crippen molar-refractivity contribution in [3.05, 3.63) is 47.2 Å². The maximum absolute atomic E-state index is 12.6. The SMILES string of the molecule is Cn1cc(Cl)cc1C(=O)N1CC(=O)Nc2ccccc21. The van der Waals surface area contributed by atoms with E-state index in [1.807, 2.05) is 12.1 Å². The normalized spacial score (nSPS) is 13.9. The van der Waals surface area contributed by atoms with Crippen molar-refractivity contribution in [2.45, 2.75) is 0 Å². The zero-order chi connectivity index (χ0) is 14.3. The first kappa shape index (κ1) is 12.7. The number of para-hydroxylation sites is 2. The minimum Gasteiger partial charge on any atom is -0.345 e. The van der Waals surface area contributed by atoms with Crippen LogP contribution in [-0.2, 0) is 11.8 Å². The van der Waals surface area contributed by atoms with Crippen LogP contribution in [0.3, 0.4) is 0 Å². The smallest absolute Gasteiger partial charge is 0.275 e. The van der Waals surface area contributed by atoms with E-state index in [0.29, 0.717) is 22.1 Å². The number of carbonyl (C=O) groups is 2. The number of fused-ring (bicyclic) bond motifs is 1. The molecule has 20 heavy (non-hydrogen) atoms. The number of aromatic nitrogens is 1. The van der Waals surface area contributed by atoms with Gasteiger partial charge in [-0.3, -0.25) is 14.5 Å². The summed E-state index contributed by atoms with van der Waals surface area (Å²) >= 11 is 5.91. The third kappa shape index (κ3) is 2.06. The Morgan fingerprint density at radius 2 is 2.10 bits per heavy atom. The molecule has 0 bridgehead atoms. The highest BCUT2D eigenvalue weighted by atomic mass is 35.5. The Morgan fingerprint density at radius 1 is 1.35 bits per heavy atom. The number of aryl methyl sites for hydroxylation is 1. The zero-order valence-electron chi connectivity index (χ0n) is 10.8. The quantitative estimate of drug-likeness (QED) is 0.875. The van der Waals surface area contributed by atoms with E-state index in [2.05, 4.69) is 5.32 Å². The van der Waals surface area contributed by atoms with Gasteiger partial charge in [0.1, 0.15) is 12.2 Å². The lowest BCUT2D eigenvalue weighted by atomic mass is 10.2. The number of nitrogens with one attached hydrogen (secondary N) is 1. The molecule has 1 N–H and O–H groups in total. The van der Waals surface area contributed by atoms with Gasteiger partial charge in [-0.2, -0.15) is 0 Å². The number of rotatable bonds is 1. The van der Waals surface area contributed by atoms with E-state index in [9.17, 15) is 9.59 Å². The number of benzene rings is 1. The molecule has 0 unspecified atom stereocenters. The minimum absolute atomic E-state index is 0.00134. The monoisotopic (exact) mass is 289 g/mol. The molecule has 1 aromatic heterocycles. The van der Waals surface area contributed by atoms with Gasteiger partial charge in [-0.15, -0.1) is 0 Å². The molecule has 0 spiro atoms. The van der Waals surface area contributed by atoms with Crippen LogP contribution in [0.4, 0.5) is 11.4 Å². The van der Waals surface area contributed by atoms with Gasteiger partial charge in [-0.05, 0) is 18.2 Å². The highest BCUT2D eigenvalue weighted by Gasteiger charge is 2.28. The third-order valence-corrected chi connectivity index (χ3v) is 3.41. The van der Waals surface area contributed by atoms with Crippen molar-refractivity contribution in [2.75, 3.05) is 16.8 Å². The van der Waals surface area contributed by atoms with E-state index >= 15 is 0 Å². The summed E-state index contributed by atoms with van der Waals surface area (Å²) in [4.78, 5) is 25.8. The van der Waals surface area contributed by atoms with E-state index in [-0.39, 0.29) is 18.4 Å². The first-order valence-electron chi connectivity index (χ1n) is 6.09. The van der Waals surface area contributed by atoms with E-state index < -0.39 is 0 Å². The summed E-state index contributed by atoms with van der Waals surface area (Å²) in [6.07, 6.45) is 1.66. The summed E-state index contributed by atoms with van der Waals surface area (Å²) < 4.78 is 1.65. The van der Waals surface area contributed by atoms with Crippen molar-refractivity contribution in [1.82, 2.24) is 4.57 Å². The van der Waals surface area contributed by atoms with Gasteiger partial charge in [-0.25, -0.2) is 0 Å². The molecular weight excluding hydrogens is 278 g/mol. The fourth-order valence-corrected chi connectivity index (χ4v) is 2.54. The Kier molecular flexibility index (Phi) is 2.99. The second-order valence-electron chi connectivity index (χ2n) is 4.61. The molecule has 2 heterocycles. The predicted molar refractivity (Wildman–Crippen MR) is 77.2 cm³/mol. The summed E-state index contributed by atoms with van der Waals surface area (Å²) in [5.41, 5.74) is 1.77. The lowest BCUT2D eigenvalue weighted by Crippen LogP contribution is -2.42. The first-order chi connectivity index (χ1) is 9.56. The molecule has 6 heteroatoms. The van der Waals surface area contributed by atoms with Crippen LogP contribution in [0, 0.1) is 0 Å². The van der Waals surface area contributed by atoms with Crippen LogP contribution >= 0.6 is 11.6 Å². The fourth-order valence-electron chi connectivity index (χ4n) is 2.29. The molecule has 0 fully saturated rings. The number of hydrogen-bond donors (Lipinski definition) is 1. The van der Waals surface area contributed by atoms with Gasteiger partial charge in [0.15, 0.2) is 0 Å². The van der Waals surface area contributed by atoms with E-state index in [1.54, 1.807) is 36.0 Å². The largest absolute Gasteiger partial charge is 0.345 e. The van der Waals surface area contributed by atoms with Crippen LogP contribution in [0.1, 0.15) is 10.5 Å². The Morgan fingerprint density at radius 3 is 2.80 bits per heavy atom. The molecule has 102 valence electrons. The highest BCUT2D eigenvalue weighted by Crippen LogP contribution is 2.30. The number of nitrogens with zero attached hydrogens (tertiary/aromatic N) is 2. The lowest BCUT2D eigenvalue weighted by molar-refractivity contribution is -0.115. The second-order valence-corrected chi connectivity index (χ2v) is 5.05. The molecule has 0 saturated heterocycles. The van der Waals surface area contributed by atoms with Crippen LogP contribution < -0.4 is 10.2 Å². The van der Waals surface area contributed by atoms with Crippen molar-refractivity contribution in [3.63, 3.8) is 0 Å². The first-order valence-corrected chi connectivity index (χ1v) is 6.46. The molecule has 2 amide bonds. The molecule has 3 rings (SSSR count). The van der Waals surface area contributed by atoms with Crippen LogP contribution in [0.2, 0.25) is 5.02 Å². The van der Waals surface area contributed by atoms with Crippen molar-refractivity contribution >= 4 is 34.8 Å². The summed E-state index contributed by atoms with van der Waals surface area (Å²) in [7, 11) is 1.75. The van der Waals surface area contributed by atoms with Crippen molar-refractivity contribution in [2.24, 2.45) is 7.05 Å². The van der Waals surface area contributed by atoms with Crippen LogP contribution in [0.5, 0.6) is 0 Å². The Hall–Kier alpha value is -2.27. The third-order valence-electron chi connectivity index (χ3n) is 3.21. The van der Waals surface area contributed by atoms with Gasteiger partial charge in [-0.1, -0.05) is 23.7 Å². The van der Waals surface area contributed by atoms with Crippen LogP contribution in [0.15, 0.2) is 36.5 Å². The summed E-state index contributed by atoms with van der Waals surface area (Å²) in [5.74, 6) is -0.459. The van der Waals surface area contributed by atoms with E-state index in [4.69, 9.17) is 11.6 Å². The van der Waals surface area contributed by atoms with Gasteiger partial charge in [0, 0.05) is 13.2 Å². The topological polar surface area (TPSA) is 54.3 Å². The summed E-state index contributed by atoms with van der Waals surface area (Å²) in [6, 6.07) is 8.81. The lowest BCUT2D eigenvalue weighted by Gasteiger charge is -2.29. The maximum Gasteiger partial charge on any atom is 0.275 e. The fraction of sp³-hybridized carbons (Fsp3) is 0.143. The van der Waals surface area contributed by atoms with Crippen molar-refractivity contribution in [3.8, 4) is 0 Å². The highest BCUT2D eigenvalue weighted by molar-refractivity contribution is 6.31. The molecule has 0 saturated carbocycles. The molecule has 5 nitrogen and oxygen atoms in total. The van der Waals surface area contributed by atoms with Gasteiger partial charge in [0.05, 0.1) is 16.4 Å². The maximum atomic E-state index is 12.6. The van der Waals surface area contributed by atoms with Crippen molar-refractivity contribution < 1.29 is 9.59 Å². The number of halogens is 1. The Labute approximate surface area is 120 Å². The minimum atomic E-state index is -0.248. The molecular formula is C14H12ClN3O2. The van der Waals surface area contributed by atoms with Crippen LogP contribution in [0.25, 0.3) is 0 Å². The molecule has 1 aliphatic rings. The summed E-state index contributed by atoms with van der Waals surface area (Å²) in [5, 5.41) is 3.24. The van der Waals surface area contributed by atoms with Crippen LogP contribution in [-0.4, -0.2) is 22.9 Å². The van der Waals surface area contributed by atoms with Gasteiger partial charge < -0.3 is 9.88 Å². The Bertz CT molecular complexity index is 708. The summed E-state index contributed by atoms with van der Waals surface area (Å²) in [6.45, 7) is -0.00134. The number of anilines is 2. The number of hydrogen-bond acceptors (Lipinski definition) is 2. The molecule has 0 aliphatic carbocycles. The molecule has 2 aromatic rings. The average Bonchev–Trinajstić information content (AvgIpc) is 2.76. The number of carbonyl (C=O) groups excluding carboxylic acids is 2. The zero-order valence-corrected chi connectivity index (χ0v) is 11.5. The van der Waals surface area contributed by atoms with E-state index in [0.717, 1.165) is 0 Å². The number of amides is 2. The second kappa shape index (κ2) is 4.68. The van der Waals surface area contributed by atoms with Gasteiger partial charge in [0.25, 0.3) is 5.91 Å². The Balaban J connectivity index is 2.04.